The van der Waals surface area contributed by atoms with E-state index < -0.39 is 0 Å². The zero-order valence-electron chi connectivity index (χ0n) is 19.3. The first-order valence-electron chi connectivity index (χ1n) is 11.1. The predicted octanol–water partition coefficient (Wildman–Crippen LogP) is 5.53. The molecule has 1 amide bonds. The van der Waals surface area contributed by atoms with E-state index in [4.69, 9.17) is 16.3 Å². The number of ether oxygens (including phenoxy) is 1. The second-order valence-electron chi connectivity index (χ2n) is 7.69. The lowest BCUT2D eigenvalue weighted by Crippen LogP contribution is -2.16. The molecule has 1 heterocycles. The SMILES string of the molecule is COc1ccccc1NC(=O)CSc1nnc(CNc2cccc(Cl)c2)n1CCc1ccccc1. The van der Waals surface area contributed by atoms with Gasteiger partial charge >= 0.3 is 0 Å². The fourth-order valence-corrected chi connectivity index (χ4v) is 4.48. The fraction of sp³-hybridized carbons (Fsp3) is 0.192. The van der Waals surface area contributed by atoms with Gasteiger partial charge < -0.3 is 19.9 Å². The maximum atomic E-state index is 12.6. The van der Waals surface area contributed by atoms with E-state index in [1.165, 1.54) is 17.3 Å². The van der Waals surface area contributed by atoms with Crippen molar-refractivity contribution in [2.24, 2.45) is 0 Å². The molecule has 0 aliphatic carbocycles. The zero-order valence-corrected chi connectivity index (χ0v) is 20.9. The number of amides is 1. The number of methoxy groups -OCH3 is 1. The van der Waals surface area contributed by atoms with E-state index in [0.717, 1.165) is 17.9 Å². The quantitative estimate of drug-likeness (QED) is 0.260. The maximum Gasteiger partial charge on any atom is 0.234 e. The van der Waals surface area contributed by atoms with Gasteiger partial charge in [-0.2, -0.15) is 0 Å². The molecule has 0 unspecified atom stereocenters. The molecule has 0 saturated heterocycles. The summed E-state index contributed by atoms with van der Waals surface area (Å²) in [4.78, 5) is 12.6. The van der Waals surface area contributed by atoms with Gasteiger partial charge in [0, 0.05) is 17.3 Å². The van der Waals surface area contributed by atoms with Gasteiger partial charge in [0.25, 0.3) is 0 Å². The molecule has 0 fully saturated rings. The number of hydrogen-bond donors (Lipinski definition) is 2. The van der Waals surface area contributed by atoms with Gasteiger partial charge in [-0.3, -0.25) is 4.79 Å². The first-order chi connectivity index (χ1) is 17.1. The van der Waals surface area contributed by atoms with Crippen molar-refractivity contribution < 1.29 is 9.53 Å². The molecule has 0 spiro atoms. The number of para-hydroxylation sites is 2. The van der Waals surface area contributed by atoms with Crippen LogP contribution in [0.3, 0.4) is 0 Å². The summed E-state index contributed by atoms with van der Waals surface area (Å²) < 4.78 is 7.37. The first kappa shape index (κ1) is 24.6. The Morgan fingerprint density at radius 1 is 1.03 bits per heavy atom. The summed E-state index contributed by atoms with van der Waals surface area (Å²) in [6, 6.07) is 25.1. The molecule has 35 heavy (non-hydrogen) atoms. The first-order valence-corrected chi connectivity index (χ1v) is 12.5. The third kappa shape index (κ3) is 7.00. The number of carbonyl (C=O) groups is 1. The Bertz CT molecular complexity index is 1270. The van der Waals surface area contributed by atoms with E-state index >= 15 is 0 Å². The van der Waals surface area contributed by atoms with E-state index in [1.807, 2.05) is 66.7 Å². The normalized spacial score (nSPS) is 10.7. The Morgan fingerprint density at radius 2 is 1.83 bits per heavy atom. The molecule has 9 heteroatoms. The molecule has 3 aromatic carbocycles. The van der Waals surface area contributed by atoms with Crippen LogP contribution in [0.25, 0.3) is 0 Å². The van der Waals surface area contributed by atoms with E-state index in [-0.39, 0.29) is 11.7 Å². The third-order valence-electron chi connectivity index (χ3n) is 5.25. The third-order valence-corrected chi connectivity index (χ3v) is 6.45. The van der Waals surface area contributed by atoms with Crippen molar-refractivity contribution in [3.63, 3.8) is 0 Å². The van der Waals surface area contributed by atoms with Gasteiger partial charge in [0.15, 0.2) is 11.0 Å². The molecule has 180 valence electrons. The highest BCUT2D eigenvalue weighted by Crippen LogP contribution is 2.24. The minimum absolute atomic E-state index is 0.143. The van der Waals surface area contributed by atoms with Crippen LogP contribution in [0, 0.1) is 0 Å². The lowest BCUT2D eigenvalue weighted by atomic mass is 10.1. The number of rotatable bonds is 11. The predicted molar refractivity (Wildman–Crippen MR) is 141 cm³/mol. The Morgan fingerprint density at radius 3 is 2.63 bits per heavy atom. The number of hydrogen-bond acceptors (Lipinski definition) is 6. The number of aromatic nitrogens is 3. The van der Waals surface area contributed by atoms with Crippen LogP contribution in [0.5, 0.6) is 5.75 Å². The lowest BCUT2D eigenvalue weighted by Gasteiger charge is -2.12. The molecular weight excluding hydrogens is 482 g/mol. The van der Waals surface area contributed by atoms with Crippen LogP contribution in [0.15, 0.2) is 84.0 Å². The van der Waals surface area contributed by atoms with Crippen LogP contribution >= 0.6 is 23.4 Å². The highest BCUT2D eigenvalue weighted by molar-refractivity contribution is 7.99. The van der Waals surface area contributed by atoms with Crippen molar-refractivity contribution in [1.82, 2.24) is 14.8 Å². The summed E-state index contributed by atoms with van der Waals surface area (Å²) in [5, 5.41) is 16.4. The highest BCUT2D eigenvalue weighted by atomic mass is 35.5. The van der Waals surface area contributed by atoms with Gasteiger partial charge in [-0.1, -0.05) is 71.9 Å². The Balaban J connectivity index is 1.45. The second kappa shape index (κ2) is 12.3. The molecule has 0 radical (unpaired) electrons. The van der Waals surface area contributed by atoms with Crippen LogP contribution in [0.2, 0.25) is 5.02 Å². The number of carbonyl (C=O) groups excluding carboxylic acids is 1. The Kier molecular flexibility index (Phi) is 8.64. The van der Waals surface area contributed by atoms with Crippen molar-refractivity contribution >= 4 is 40.6 Å². The van der Waals surface area contributed by atoms with Crippen LogP contribution in [-0.4, -0.2) is 33.5 Å². The van der Waals surface area contributed by atoms with Crippen molar-refractivity contribution in [2.75, 3.05) is 23.5 Å². The number of aryl methyl sites for hydroxylation is 1. The summed E-state index contributed by atoms with van der Waals surface area (Å²) in [5.41, 5.74) is 2.76. The average Bonchev–Trinajstić information content (AvgIpc) is 3.27. The molecule has 2 N–H and O–H groups in total. The monoisotopic (exact) mass is 507 g/mol. The van der Waals surface area contributed by atoms with E-state index in [9.17, 15) is 4.79 Å². The van der Waals surface area contributed by atoms with Crippen LogP contribution in [-0.2, 0) is 24.3 Å². The van der Waals surface area contributed by atoms with Crippen LogP contribution < -0.4 is 15.4 Å². The van der Waals surface area contributed by atoms with E-state index in [2.05, 4.69) is 37.5 Å². The molecule has 0 saturated carbocycles. The fourth-order valence-electron chi connectivity index (χ4n) is 3.51. The number of nitrogens with zero attached hydrogens (tertiary/aromatic N) is 3. The van der Waals surface area contributed by atoms with Crippen LogP contribution in [0.4, 0.5) is 11.4 Å². The number of nitrogens with one attached hydrogen (secondary N) is 2. The van der Waals surface area contributed by atoms with E-state index in [1.54, 1.807) is 7.11 Å². The van der Waals surface area contributed by atoms with Gasteiger partial charge in [0.1, 0.15) is 5.75 Å². The number of halogens is 1. The molecule has 4 rings (SSSR count). The average molecular weight is 508 g/mol. The van der Waals surface area contributed by atoms with Gasteiger partial charge in [0.05, 0.1) is 25.1 Å². The molecule has 4 aromatic rings. The van der Waals surface area contributed by atoms with Gasteiger partial charge in [-0.15, -0.1) is 10.2 Å². The summed E-state index contributed by atoms with van der Waals surface area (Å²) in [6.07, 6.45) is 0.823. The molecule has 0 atom stereocenters. The van der Waals surface area contributed by atoms with Gasteiger partial charge in [-0.05, 0) is 42.3 Å². The highest BCUT2D eigenvalue weighted by Gasteiger charge is 2.15. The second-order valence-corrected chi connectivity index (χ2v) is 9.07. The van der Waals surface area contributed by atoms with Gasteiger partial charge in [0.2, 0.25) is 5.91 Å². The minimum Gasteiger partial charge on any atom is -0.495 e. The molecule has 0 bridgehead atoms. The topological polar surface area (TPSA) is 81.1 Å². The summed E-state index contributed by atoms with van der Waals surface area (Å²) in [5.74, 6) is 1.46. The molecule has 7 nitrogen and oxygen atoms in total. The summed E-state index contributed by atoms with van der Waals surface area (Å²) >= 11 is 7.46. The Labute approximate surface area is 213 Å². The lowest BCUT2D eigenvalue weighted by molar-refractivity contribution is -0.113. The van der Waals surface area contributed by atoms with Crippen molar-refractivity contribution in [3.8, 4) is 5.75 Å². The smallest absolute Gasteiger partial charge is 0.234 e. The van der Waals surface area contributed by atoms with Crippen molar-refractivity contribution in [2.45, 2.75) is 24.7 Å². The Hall–Kier alpha value is -3.49. The minimum atomic E-state index is -0.143. The van der Waals surface area contributed by atoms with Gasteiger partial charge in [-0.25, -0.2) is 0 Å². The number of thioether (sulfide) groups is 1. The van der Waals surface area contributed by atoms with E-state index in [0.29, 0.717) is 34.7 Å². The van der Waals surface area contributed by atoms with Crippen molar-refractivity contribution in [3.05, 3.63) is 95.3 Å². The molecule has 0 aliphatic rings. The van der Waals surface area contributed by atoms with Crippen molar-refractivity contribution in [1.29, 1.82) is 0 Å². The standard InChI is InChI=1S/C26H26ClN5O2S/c1-34-23-13-6-5-12-22(23)29-25(33)18-35-26-31-30-24(17-28-21-11-7-10-20(27)16-21)32(26)15-14-19-8-3-2-4-9-19/h2-13,16,28H,14-15,17-18H2,1H3,(H,29,33). The summed E-state index contributed by atoms with van der Waals surface area (Å²) in [7, 11) is 1.58. The number of benzene rings is 3. The number of anilines is 2. The zero-order chi connectivity index (χ0) is 24.5. The molecule has 0 aliphatic heterocycles. The summed E-state index contributed by atoms with van der Waals surface area (Å²) in [6.45, 7) is 1.18. The molecule has 1 aromatic heterocycles. The maximum absolute atomic E-state index is 12.6. The van der Waals surface area contributed by atoms with Crippen LogP contribution in [0.1, 0.15) is 11.4 Å². The molecular formula is C26H26ClN5O2S. The largest absolute Gasteiger partial charge is 0.495 e.